The minimum atomic E-state index is -0.739. The molecule has 7 heteroatoms. The molecule has 0 saturated heterocycles. The van der Waals surface area contributed by atoms with E-state index in [1.165, 1.54) is 25.3 Å². The van der Waals surface area contributed by atoms with Crippen LogP contribution in [0.5, 0.6) is 0 Å². The van der Waals surface area contributed by atoms with Crippen molar-refractivity contribution in [2.24, 2.45) is 0 Å². The van der Waals surface area contributed by atoms with Crippen LogP contribution in [0.1, 0.15) is 10.4 Å². The fourth-order valence-electron chi connectivity index (χ4n) is 1.38. The van der Waals surface area contributed by atoms with Gasteiger partial charge < -0.3 is 14.8 Å². The van der Waals surface area contributed by atoms with Gasteiger partial charge in [0.1, 0.15) is 5.56 Å². The molecule has 0 radical (unpaired) electrons. The van der Waals surface area contributed by atoms with Gasteiger partial charge in [0.15, 0.2) is 0 Å². The first-order valence-corrected chi connectivity index (χ1v) is 5.19. The zero-order valence-electron chi connectivity index (χ0n) is 10.1. The third-order valence-electron chi connectivity index (χ3n) is 2.23. The second-order valence-electron chi connectivity index (χ2n) is 3.40. The van der Waals surface area contributed by atoms with Crippen LogP contribution in [0, 0.1) is 10.1 Å². The van der Waals surface area contributed by atoms with Crippen molar-refractivity contribution < 1.29 is 19.2 Å². The molecule has 0 saturated carbocycles. The quantitative estimate of drug-likeness (QED) is 0.357. The number of nitrogens with zero attached hydrogens (tertiary/aromatic N) is 1. The molecule has 0 bridgehead atoms. The van der Waals surface area contributed by atoms with E-state index in [9.17, 15) is 14.9 Å². The molecule has 7 nitrogen and oxygen atoms in total. The van der Waals surface area contributed by atoms with Crippen molar-refractivity contribution >= 4 is 17.3 Å². The number of carbonyl (C=O) groups excluding carboxylic acids is 1. The number of benzene rings is 1. The molecule has 0 unspecified atom stereocenters. The Bertz CT molecular complexity index is 447. The lowest BCUT2D eigenvalue weighted by Crippen LogP contribution is -2.10. The number of nitro groups is 1. The molecule has 0 aromatic heterocycles. The second kappa shape index (κ2) is 6.55. The van der Waals surface area contributed by atoms with Gasteiger partial charge in [-0.25, -0.2) is 4.79 Å². The summed E-state index contributed by atoms with van der Waals surface area (Å²) in [4.78, 5) is 21.6. The SMILES string of the molecule is COCCNc1ccc([N+](=O)[O-])c(C(=O)OC)c1. The highest BCUT2D eigenvalue weighted by Gasteiger charge is 2.21. The van der Waals surface area contributed by atoms with Crippen molar-refractivity contribution in [1.29, 1.82) is 0 Å². The minimum absolute atomic E-state index is 0.0788. The summed E-state index contributed by atoms with van der Waals surface area (Å²) in [6, 6.07) is 4.18. The molecule has 0 heterocycles. The summed E-state index contributed by atoms with van der Waals surface area (Å²) in [5, 5.41) is 13.7. The predicted octanol–water partition coefficient (Wildman–Crippen LogP) is 1.44. The Morgan fingerprint density at radius 2 is 2.17 bits per heavy atom. The van der Waals surface area contributed by atoms with E-state index < -0.39 is 10.9 Å². The molecule has 1 aromatic rings. The van der Waals surface area contributed by atoms with Crippen molar-refractivity contribution in [3.63, 3.8) is 0 Å². The van der Waals surface area contributed by atoms with Gasteiger partial charge in [0, 0.05) is 25.4 Å². The van der Waals surface area contributed by atoms with Crippen LogP contribution in [0.25, 0.3) is 0 Å². The first kappa shape index (κ1) is 13.9. The van der Waals surface area contributed by atoms with Gasteiger partial charge in [-0.05, 0) is 12.1 Å². The number of carbonyl (C=O) groups is 1. The van der Waals surface area contributed by atoms with Crippen LogP contribution >= 0.6 is 0 Å². The van der Waals surface area contributed by atoms with E-state index in [1.807, 2.05) is 0 Å². The average molecular weight is 254 g/mol. The van der Waals surface area contributed by atoms with Crippen molar-refractivity contribution in [2.75, 3.05) is 32.7 Å². The first-order valence-electron chi connectivity index (χ1n) is 5.19. The zero-order valence-corrected chi connectivity index (χ0v) is 10.1. The molecule has 0 aliphatic carbocycles. The van der Waals surface area contributed by atoms with Crippen LogP contribution in [0.4, 0.5) is 11.4 Å². The number of ether oxygens (including phenoxy) is 2. The van der Waals surface area contributed by atoms with Gasteiger partial charge in [0.2, 0.25) is 0 Å². The Morgan fingerprint density at radius 1 is 1.44 bits per heavy atom. The monoisotopic (exact) mass is 254 g/mol. The number of hydrogen-bond acceptors (Lipinski definition) is 6. The topological polar surface area (TPSA) is 90.7 Å². The molecular formula is C11H14N2O5. The van der Waals surface area contributed by atoms with Crippen LogP contribution < -0.4 is 5.32 Å². The third kappa shape index (κ3) is 3.42. The van der Waals surface area contributed by atoms with Crippen molar-refractivity contribution in [3.8, 4) is 0 Å². The van der Waals surface area contributed by atoms with Gasteiger partial charge in [0.05, 0.1) is 18.6 Å². The molecule has 0 amide bonds. The van der Waals surface area contributed by atoms with Crippen molar-refractivity contribution in [2.45, 2.75) is 0 Å². The second-order valence-corrected chi connectivity index (χ2v) is 3.40. The number of methoxy groups -OCH3 is 2. The molecule has 1 N–H and O–H groups in total. The molecule has 18 heavy (non-hydrogen) atoms. The summed E-state index contributed by atoms with van der Waals surface area (Å²) < 4.78 is 9.37. The summed E-state index contributed by atoms with van der Waals surface area (Å²) >= 11 is 0. The highest BCUT2D eigenvalue weighted by atomic mass is 16.6. The third-order valence-corrected chi connectivity index (χ3v) is 2.23. The van der Waals surface area contributed by atoms with Crippen LogP contribution in [-0.2, 0) is 9.47 Å². The largest absolute Gasteiger partial charge is 0.465 e. The summed E-state index contributed by atoms with van der Waals surface area (Å²) in [7, 11) is 2.74. The highest BCUT2D eigenvalue weighted by molar-refractivity contribution is 5.95. The maximum Gasteiger partial charge on any atom is 0.344 e. The van der Waals surface area contributed by atoms with E-state index in [-0.39, 0.29) is 11.3 Å². The van der Waals surface area contributed by atoms with Gasteiger partial charge >= 0.3 is 5.97 Å². The number of nitro benzene ring substituents is 1. The lowest BCUT2D eigenvalue weighted by molar-refractivity contribution is -0.385. The van der Waals surface area contributed by atoms with Gasteiger partial charge in [0.25, 0.3) is 5.69 Å². The number of esters is 1. The Balaban J connectivity index is 2.98. The van der Waals surface area contributed by atoms with E-state index in [0.717, 1.165) is 0 Å². The van der Waals surface area contributed by atoms with E-state index in [2.05, 4.69) is 10.1 Å². The summed E-state index contributed by atoms with van der Waals surface area (Å²) in [6.07, 6.45) is 0. The molecule has 98 valence electrons. The van der Waals surface area contributed by atoms with E-state index in [1.54, 1.807) is 7.11 Å². The molecular weight excluding hydrogens is 240 g/mol. The summed E-state index contributed by atoms with van der Waals surface area (Å²) in [5.41, 5.74) is 0.238. The van der Waals surface area contributed by atoms with Gasteiger partial charge in [-0.2, -0.15) is 0 Å². The Hall–Kier alpha value is -2.15. The molecule has 0 aliphatic heterocycles. The van der Waals surface area contributed by atoms with E-state index in [0.29, 0.717) is 18.8 Å². The smallest absolute Gasteiger partial charge is 0.344 e. The summed E-state index contributed by atoms with van der Waals surface area (Å²) in [5.74, 6) is -0.739. The predicted molar refractivity (Wildman–Crippen MR) is 64.8 cm³/mol. The maximum atomic E-state index is 11.4. The molecule has 1 aromatic carbocycles. The zero-order chi connectivity index (χ0) is 13.5. The number of nitrogens with one attached hydrogen (secondary N) is 1. The average Bonchev–Trinajstić information content (AvgIpc) is 2.37. The van der Waals surface area contributed by atoms with E-state index >= 15 is 0 Å². The Kier molecular flexibility index (Phi) is 5.06. The standard InChI is InChI=1S/C11H14N2O5/c1-17-6-5-12-8-3-4-10(13(15)16)9(7-8)11(14)18-2/h3-4,7,12H,5-6H2,1-2H3. The van der Waals surface area contributed by atoms with Crippen LogP contribution in [0.2, 0.25) is 0 Å². The van der Waals surface area contributed by atoms with Crippen LogP contribution in [-0.4, -0.2) is 38.3 Å². The Morgan fingerprint density at radius 3 is 2.72 bits per heavy atom. The van der Waals surface area contributed by atoms with Gasteiger partial charge in [-0.1, -0.05) is 0 Å². The minimum Gasteiger partial charge on any atom is -0.465 e. The summed E-state index contributed by atoms with van der Waals surface area (Å²) in [6.45, 7) is 1.03. The fraction of sp³-hybridized carbons (Fsp3) is 0.364. The van der Waals surface area contributed by atoms with Crippen molar-refractivity contribution in [1.82, 2.24) is 0 Å². The molecule has 1 rings (SSSR count). The number of anilines is 1. The maximum absolute atomic E-state index is 11.4. The first-order chi connectivity index (χ1) is 8.60. The van der Waals surface area contributed by atoms with Crippen molar-refractivity contribution in [3.05, 3.63) is 33.9 Å². The number of rotatable bonds is 6. The van der Waals surface area contributed by atoms with E-state index in [4.69, 9.17) is 4.74 Å². The van der Waals surface area contributed by atoms with Gasteiger partial charge in [-0.3, -0.25) is 10.1 Å². The number of hydrogen-bond donors (Lipinski definition) is 1. The van der Waals surface area contributed by atoms with Gasteiger partial charge in [-0.15, -0.1) is 0 Å². The molecule has 0 atom stereocenters. The lowest BCUT2D eigenvalue weighted by atomic mass is 10.1. The molecule has 0 aliphatic rings. The Labute approximate surface area is 104 Å². The fourth-order valence-corrected chi connectivity index (χ4v) is 1.38. The highest BCUT2D eigenvalue weighted by Crippen LogP contribution is 2.23. The van der Waals surface area contributed by atoms with Crippen LogP contribution in [0.15, 0.2) is 18.2 Å². The molecule has 0 fully saturated rings. The lowest BCUT2D eigenvalue weighted by Gasteiger charge is -2.07. The molecule has 0 spiro atoms. The van der Waals surface area contributed by atoms with Crippen LogP contribution in [0.3, 0.4) is 0 Å². The normalized spacial score (nSPS) is 9.89.